The van der Waals surface area contributed by atoms with Gasteiger partial charge in [0.25, 0.3) is 11.8 Å². The summed E-state index contributed by atoms with van der Waals surface area (Å²) in [6, 6.07) is 3.23. The topological polar surface area (TPSA) is 94.2 Å². The first-order chi connectivity index (χ1) is 12.8. The first-order valence-electron chi connectivity index (χ1n) is 7.79. The largest absolute Gasteiger partial charge is 0.490 e. The predicted octanol–water partition coefficient (Wildman–Crippen LogP) is 1.66. The zero-order valence-electron chi connectivity index (χ0n) is 14.8. The van der Waals surface area contributed by atoms with Crippen LogP contribution in [0.1, 0.15) is 12.5 Å². The van der Waals surface area contributed by atoms with Crippen molar-refractivity contribution in [3.8, 4) is 11.5 Å². The highest BCUT2D eigenvalue weighted by Crippen LogP contribution is 2.37. The summed E-state index contributed by atoms with van der Waals surface area (Å²) in [4.78, 5) is 36.9. The minimum atomic E-state index is -0.580. The second-order valence-corrected chi connectivity index (χ2v) is 6.55. The molecule has 1 aromatic rings. The molecule has 0 spiro atoms. The van der Waals surface area contributed by atoms with E-state index in [9.17, 15) is 14.4 Å². The highest BCUT2D eigenvalue weighted by atomic mass is 79.9. The second kappa shape index (κ2) is 8.96. The number of methoxy groups -OCH3 is 1. The molecular weight excluding hydrogens is 440 g/mol. The number of benzene rings is 1. The normalized spacial score (nSPS) is 15.6. The van der Waals surface area contributed by atoms with Crippen molar-refractivity contribution in [2.24, 2.45) is 0 Å². The van der Waals surface area contributed by atoms with Gasteiger partial charge in [0.15, 0.2) is 23.2 Å². The summed E-state index contributed by atoms with van der Waals surface area (Å²) in [5.41, 5.74) is 0.458. The Labute approximate surface area is 169 Å². The van der Waals surface area contributed by atoms with Crippen LogP contribution in [0.2, 0.25) is 0 Å². The van der Waals surface area contributed by atoms with Gasteiger partial charge < -0.3 is 14.2 Å². The number of rotatable bonds is 6. The minimum absolute atomic E-state index is 0.0462. The Balaban J connectivity index is 2.40. The number of carbonyl (C=O) groups is 3. The monoisotopic (exact) mass is 456 g/mol. The number of thiocarbonyl (C=S) groups is 1. The van der Waals surface area contributed by atoms with Crippen LogP contribution < -0.4 is 14.8 Å². The van der Waals surface area contributed by atoms with E-state index in [4.69, 9.17) is 21.7 Å². The van der Waals surface area contributed by atoms with Crippen LogP contribution in [0.3, 0.4) is 0 Å². The summed E-state index contributed by atoms with van der Waals surface area (Å²) in [5, 5.41) is 2.49. The van der Waals surface area contributed by atoms with E-state index < -0.39 is 17.8 Å². The first-order valence-corrected chi connectivity index (χ1v) is 8.99. The van der Waals surface area contributed by atoms with Gasteiger partial charge in [-0.3, -0.25) is 19.8 Å². The molecule has 1 aromatic carbocycles. The molecule has 2 rings (SSSR count). The lowest BCUT2D eigenvalue weighted by molar-refractivity contribution is -0.143. The van der Waals surface area contributed by atoms with Crippen LogP contribution in [-0.2, 0) is 19.1 Å². The van der Waals surface area contributed by atoms with Gasteiger partial charge in [0.05, 0.1) is 18.2 Å². The summed E-state index contributed by atoms with van der Waals surface area (Å²) < 4.78 is 16.0. The van der Waals surface area contributed by atoms with Crippen molar-refractivity contribution in [2.75, 3.05) is 27.4 Å². The molecule has 0 bridgehead atoms. The van der Waals surface area contributed by atoms with Gasteiger partial charge in [-0.1, -0.05) is 0 Å². The maximum Gasteiger partial charge on any atom is 0.343 e. The van der Waals surface area contributed by atoms with Crippen molar-refractivity contribution in [3.05, 3.63) is 27.7 Å². The maximum atomic E-state index is 12.3. The maximum absolute atomic E-state index is 12.3. The molecule has 0 radical (unpaired) electrons. The Bertz CT molecular complexity index is 839. The van der Waals surface area contributed by atoms with Crippen molar-refractivity contribution < 1.29 is 28.6 Å². The number of esters is 1. The SMILES string of the molecule is CCOc1cc(/C=C2\C(=O)NC(=S)N(C)C2=O)cc(Br)c1OCC(=O)OC. The Kier molecular flexibility index (Phi) is 6.92. The van der Waals surface area contributed by atoms with Crippen molar-refractivity contribution in [1.29, 1.82) is 0 Å². The van der Waals surface area contributed by atoms with Crippen molar-refractivity contribution in [1.82, 2.24) is 10.2 Å². The number of ether oxygens (including phenoxy) is 3. The second-order valence-electron chi connectivity index (χ2n) is 5.31. The third-order valence-corrected chi connectivity index (χ3v) is 4.47. The minimum Gasteiger partial charge on any atom is -0.490 e. The number of halogens is 1. The zero-order chi connectivity index (χ0) is 20.1. The third kappa shape index (κ3) is 4.83. The Morgan fingerprint density at radius 1 is 1.33 bits per heavy atom. The molecule has 0 unspecified atom stereocenters. The fourth-order valence-corrected chi connectivity index (χ4v) is 2.93. The van der Waals surface area contributed by atoms with Crippen LogP contribution in [0.5, 0.6) is 11.5 Å². The number of hydrogen-bond acceptors (Lipinski definition) is 7. The van der Waals surface area contributed by atoms with Gasteiger partial charge >= 0.3 is 5.97 Å². The standard InChI is InChI=1S/C17H17BrN2O6S/c1-4-25-12-7-9(6-11(18)14(12)26-8-13(21)24-3)5-10-15(22)19-17(27)20(2)16(10)23/h5-7H,4,8H2,1-3H3,(H,19,22,27)/b10-5+. The van der Waals surface area contributed by atoms with Crippen LogP contribution in [0, 0.1) is 0 Å². The third-order valence-electron chi connectivity index (χ3n) is 3.51. The molecule has 0 saturated carbocycles. The molecular formula is C17H17BrN2O6S. The van der Waals surface area contributed by atoms with Crippen LogP contribution in [0.15, 0.2) is 22.2 Å². The number of nitrogens with zero attached hydrogens (tertiary/aromatic N) is 1. The number of nitrogens with one attached hydrogen (secondary N) is 1. The van der Waals surface area contributed by atoms with Crippen LogP contribution in [-0.4, -0.2) is 55.2 Å². The molecule has 144 valence electrons. The molecule has 8 nitrogen and oxygen atoms in total. The summed E-state index contributed by atoms with van der Waals surface area (Å²) in [6.45, 7) is 1.84. The van der Waals surface area contributed by atoms with E-state index in [0.717, 1.165) is 0 Å². The van der Waals surface area contributed by atoms with Crippen molar-refractivity contribution in [3.63, 3.8) is 0 Å². The van der Waals surface area contributed by atoms with Gasteiger partial charge in [-0.25, -0.2) is 4.79 Å². The fraction of sp³-hybridized carbons (Fsp3) is 0.294. The van der Waals surface area contributed by atoms with Gasteiger partial charge in [0.2, 0.25) is 0 Å². The number of carbonyl (C=O) groups excluding carboxylic acids is 3. The van der Waals surface area contributed by atoms with Crippen LogP contribution >= 0.6 is 28.1 Å². The fourth-order valence-electron chi connectivity index (χ4n) is 2.18. The molecule has 0 atom stereocenters. The summed E-state index contributed by atoms with van der Waals surface area (Å²) >= 11 is 8.27. The lowest BCUT2D eigenvalue weighted by Crippen LogP contribution is -2.52. The Morgan fingerprint density at radius 3 is 2.67 bits per heavy atom. The van der Waals surface area contributed by atoms with E-state index in [1.54, 1.807) is 19.1 Å². The molecule has 1 aliphatic rings. The summed E-state index contributed by atoms with van der Waals surface area (Å²) in [6.07, 6.45) is 1.42. The molecule has 27 heavy (non-hydrogen) atoms. The highest BCUT2D eigenvalue weighted by molar-refractivity contribution is 9.10. The summed E-state index contributed by atoms with van der Waals surface area (Å²) in [7, 11) is 2.73. The molecule has 1 aliphatic heterocycles. The number of likely N-dealkylation sites (N-methyl/N-ethyl adjacent to an activating group) is 1. The van der Waals surface area contributed by atoms with Crippen molar-refractivity contribution >= 4 is 57.1 Å². The van der Waals surface area contributed by atoms with E-state index in [0.29, 0.717) is 28.1 Å². The summed E-state index contributed by atoms with van der Waals surface area (Å²) in [5.74, 6) is -0.983. The molecule has 0 aliphatic carbocycles. The average Bonchev–Trinajstić information content (AvgIpc) is 2.62. The quantitative estimate of drug-likeness (QED) is 0.301. The van der Waals surface area contributed by atoms with E-state index in [2.05, 4.69) is 26.0 Å². The lowest BCUT2D eigenvalue weighted by Gasteiger charge is -2.25. The van der Waals surface area contributed by atoms with Gasteiger partial charge in [-0.15, -0.1) is 0 Å². The van der Waals surface area contributed by atoms with E-state index >= 15 is 0 Å². The van der Waals surface area contributed by atoms with E-state index in [1.807, 2.05) is 0 Å². The number of amides is 2. The predicted molar refractivity (Wildman–Crippen MR) is 104 cm³/mol. The van der Waals surface area contributed by atoms with Gasteiger partial charge in [0, 0.05) is 7.05 Å². The van der Waals surface area contributed by atoms with Crippen molar-refractivity contribution in [2.45, 2.75) is 6.92 Å². The Morgan fingerprint density at radius 2 is 2.04 bits per heavy atom. The average molecular weight is 457 g/mol. The zero-order valence-corrected chi connectivity index (χ0v) is 17.2. The van der Waals surface area contributed by atoms with Crippen LogP contribution in [0.4, 0.5) is 0 Å². The number of hydrogen-bond donors (Lipinski definition) is 1. The van der Waals surface area contributed by atoms with Gasteiger partial charge in [-0.05, 0) is 58.8 Å². The molecule has 1 N–H and O–H groups in total. The van der Waals surface area contributed by atoms with E-state index in [-0.39, 0.29) is 17.3 Å². The Hall–Kier alpha value is -2.46. The van der Waals surface area contributed by atoms with Gasteiger partial charge in [-0.2, -0.15) is 0 Å². The molecule has 0 aromatic heterocycles. The highest BCUT2D eigenvalue weighted by Gasteiger charge is 2.30. The van der Waals surface area contributed by atoms with Gasteiger partial charge in [0.1, 0.15) is 5.57 Å². The molecule has 1 fully saturated rings. The molecule has 1 heterocycles. The first kappa shape index (κ1) is 20.8. The molecule has 2 amide bonds. The smallest absolute Gasteiger partial charge is 0.343 e. The molecule has 1 saturated heterocycles. The van der Waals surface area contributed by atoms with E-state index in [1.165, 1.54) is 25.1 Å². The van der Waals surface area contributed by atoms with Crippen LogP contribution in [0.25, 0.3) is 6.08 Å². The lowest BCUT2D eigenvalue weighted by atomic mass is 10.1. The molecule has 10 heteroatoms.